The van der Waals surface area contributed by atoms with Gasteiger partial charge in [0.05, 0.1) is 11.2 Å². The largest absolute Gasteiger partial charge is 0.248 e. The third kappa shape index (κ3) is 1.97. The van der Waals surface area contributed by atoms with E-state index >= 15 is 0 Å². The molecule has 114 valence electrons. The fraction of sp³-hybridized carbons (Fsp3) is 0.0455. The Balaban J connectivity index is 1.85. The van der Waals surface area contributed by atoms with E-state index < -0.39 is 0 Å². The van der Waals surface area contributed by atoms with E-state index in [1.54, 1.807) is 0 Å². The van der Waals surface area contributed by atoms with Crippen LogP contribution in [0.25, 0.3) is 42.3 Å². The summed E-state index contributed by atoms with van der Waals surface area (Å²) in [5.41, 5.74) is 4.65. The Kier molecular flexibility index (Phi) is 2.94. The molecular formula is C22H15NS. The van der Waals surface area contributed by atoms with Crippen LogP contribution >= 0.6 is 11.3 Å². The molecule has 0 bridgehead atoms. The van der Waals surface area contributed by atoms with Crippen LogP contribution in [0.2, 0.25) is 0 Å². The monoisotopic (exact) mass is 325 g/mol. The molecule has 0 saturated carbocycles. The number of rotatable bonds is 1. The van der Waals surface area contributed by atoms with Crippen molar-refractivity contribution in [2.75, 3.05) is 0 Å². The van der Waals surface area contributed by atoms with Gasteiger partial charge in [-0.25, -0.2) is 4.98 Å². The second-order valence-electron chi connectivity index (χ2n) is 6.13. The van der Waals surface area contributed by atoms with Gasteiger partial charge in [-0.15, -0.1) is 11.3 Å². The first kappa shape index (κ1) is 13.7. The van der Waals surface area contributed by atoms with Crippen molar-refractivity contribution in [3.8, 4) is 11.3 Å². The van der Waals surface area contributed by atoms with E-state index in [1.807, 2.05) is 17.4 Å². The van der Waals surface area contributed by atoms with Gasteiger partial charge in [0.15, 0.2) is 0 Å². The summed E-state index contributed by atoms with van der Waals surface area (Å²) >= 11 is 1.88. The zero-order valence-electron chi connectivity index (χ0n) is 13.3. The summed E-state index contributed by atoms with van der Waals surface area (Å²) in [5.74, 6) is 0. The number of pyridine rings is 1. The summed E-state index contributed by atoms with van der Waals surface area (Å²) in [6.45, 7) is 2.19. The zero-order valence-corrected chi connectivity index (χ0v) is 14.1. The highest BCUT2D eigenvalue weighted by Crippen LogP contribution is 2.40. The summed E-state index contributed by atoms with van der Waals surface area (Å²) in [7, 11) is 0. The van der Waals surface area contributed by atoms with E-state index in [0.717, 1.165) is 11.2 Å². The average molecular weight is 325 g/mol. The summed E-state index contributed by atoms with van der Waals surface area (Å²) in [4.78, 5) is 4.89. The van der Waals surface area contributed by atoms with E-state index in [2.05, 4.69) is 73.7 Å². The molecular weight excluding hydrogens is 310 g/mol. The van der Waals surface area contributed by atoms with Crippen LogP contribution in [0.5, 0.6) is 0 Å². The minimum atomic E-state index is 1.04. The van der Waals surface area contributed by atoms with E-state index in [1.165, 1.54) is 36.7 Å². The molecule has 2 aromatic heterocycles. The van der Waals surface area contributed by atoms with Gasteiger partial charge in [-0.1, -0.05) is 60.7 Å². The number of benzene rings is 3. The molecule has 0 aliphatic rings. The number of para-hydroxylation sites is 1. The molecule has 0 saturated heterocycles. The highest BCUT2D eigenvalue weighted by molar-refractivity contribution is 7.26. The van der Waals surface area contributed by atoms with E-state index in [9.17, 15) is 0 Å². The van der Waals surface area contributed by atoms with Gasteiger partial charge >= 0.3 is 0 Å². The Morgan fingerprint density at radius 1 is 0.708 bits per heavy atom. The molecule has 1 nitrogen and oxygen atoms in total. The molecule has 0 unspecified atom stereocenters. The maximum absolute atomic E-state index is 4.89. The first-order valence-corrected chi connectivity index (χ1v) is 8.90. The van der Waals surface area contributed by atoms with Gasteiger partial charge < -0.3 is 0 Å². The lowest BCUT2D eigenvalue weighted by atomic mass is 10.0. The number of fused-ring (bicyclic) bond motifs is 4. The maximum Gasteiger partial charge on any atom is 0.0724 e. The van der Waals surface area contributed by atoms with Crippen LogP contribution in [0.4, 0.5) is 0 Å². The molecule has 0 atom stereocenters. The van der Waals surface area contributed by atoms with E-state index in [0.29, 0.717) is 0 Å². The van der Waals surface area contributed by atoms with Crippen molar-refractivity contribution in [1.82, 2.24) is 4.98 Å². The van der Waals surface area contributed by atoms with Crippen molar-refractivity contribution in [2.24, 2.45) is 0 Å². The fourth-order valence-electron chi connectivity index (χ4n) is 3.38. The van der Waals surface area contributed by atoms with Crippen LogP contribution in [0.3, 0.4) is 0 Å². The highest BCUT2D eigenvalue weighted by Gasteiger charge is 2.12. The molecule has 2 heteroatoms. The van der Waals surface area contributed by atoms with Gasteiger partial charge in [-0.05, 0) is 24.6 Å². The van der Waals surface area contributed by atoms with E-state index in [-0.39, 0.29) is 0 Å². The predicted octanol–water partition coefficient (Wildman–Crippen LogP) is 6.58. The number of thiophene rings is 1. The molecule has 0 aliphatic carbocycles. The number of nitrogens with zero attached hydrogens (tertiary/aromatic N) is 1. The molecule has 5 rings (SSSR count). The smallest absolute Gasteiger partial charge is 0.0724 e. The minimum Gasteiger partial charge on any atom is -0.248 e. The van der Waals surface area contributed by atoms with Gasteiger partial charge in [0, 0.05) is 31.1 Å². The molecule has 0 N–H and O–H groups in total. The molecule has 3 aromatic carbocycles. The molecule has 2 heterocycles. The molecule has 0 amide bonds. The van der Waals surface area contributed by atoms with Crippen molar-refractivity contribution in [3.05, 3.63) is 78.4 Å². The maximum atomic E-state index is 4.89. The van der Waals surface area contributed by atoms with Crippen LogP contribution in [0, 0.1) is 6.92 Å². The average Bonchev–Trinajstić information content (AvgIpc) is 3.02. The lowest BCUT2D eigenvalue weighted by molar-refractivity contribution is 1.41. The van der Waals surface area contributed by atoms with Gasteiger partial charge in [0.1, 0.15) is 0 Å². The van der Waals surface area contributed by atoms with Crippen molar-refractivity contribution >= 4 is 42.4 Å². The molecule has 24 heavy (non-hydrogen) atoms. The normalized spacial score (nSPS) is 11.5. The van der Waals surface area contributed by atoms with E-state index in [4.69, 9.17) is 4.98 Å². The Morgan fingerprint density at radius 3 is 2.42 bits per heavy atom. The topological polar surface area (TPSA) is 12.9 Å². The van der Waals surface area contributed by atoms with Crippen LogP contribution < -0.4 is 0 Å². The molecule has 0 aliphatic heterocycles. The van der Waals surface area contributed by atoms with Crippen LogP contribution in [-0.2, 0) is 0 Å². The van der Waals surface area contributed by atoms with Gasteiger partial charge in [0.2, 0.25) is 0 Å². The quantitative estimate of drug-likeness (QED) is 0.339. The molecule has 5 aromatic rings. The van der Waals surface area contributed by atoms with Crippen molar-refractivity contribution in [3.63, 3.8) is 0 Å². The van der Waals surface area contributed by atoms with Crippen LogP contribution in [0.1, 0.15) is 5.56 Å². The lowest BCUT2D eigenvalue weighted by Crippen LogP contribution is -1.85. The van der Waals surface area contributed by atoms with Crippen molar-refractivity contribution < 1.29 is 0 Å². The summed E-state index contributed by atoms with van der Waals surface area (Å²) in [5, 5.41) is 3.85. The molecule has 0 spiro atoms. The Morgan fingerprint density at radius 2 is 1.50 bits per heavy atom. The van der Waals surface area contributed by atoms with Gasteiger partial charge in [0.25, 0.3) is 0 Å². The lowest BCUT2D eigenvalue weighted by Gasteiger charge is -2.04. The summed E-state index contributed by atoms with van der Waals surface area (Å²) in [6.07, 6.45) is 0. The second-order valence-corrected chi connectivity index (χ2v) is 7.15. The number of aromatic nitrogens is 1. The first-order valence-electron chi connectivity index (χ1n) is 8.08. The van der Waals surface area contributed by atoms with Crippen LogP contribution in [-0.4, -0.2) is 4.98 Å². The molecule has 0 fully saturated rings. The number of hydrogen-bond donors (Lipinski definition) is 0. The van der Waals surface area contributed by atoms with Crippen LogP contribution in [0.15, 0.2) is 72.8 Å². The SMILES string of the molecule is Cc1cccc2c1sc1c(-c3ccc4ccccc4n3)cccc12. The third-order valence-corrected chi connectivity index (χ3v) is 5.99. The van der Waals surface area contributed by atoms with Crippen molar-refractivity contribution in [2.45, 2.75) is 6.92 Å². The Labute approximate surface area is 144 Å². The third-order valence-electron chi connectivity index (χ3n) is 4.60. The van der Waals surface area contributed by atoms with Gasteiger partial charge in [-0.2, -0.15) is 0 Å². The van der Waals surface area contributed by atoms with Gasteiger partial charge in [-0.3, -0.25) is 0 Å². The second kappa shape index (κ2) is 5.15. The standard InChI is InChI=1S/C22H15NS/c1-14-6-4-8-16-17-9-5-10-18(22(17)24-21(14)16)20-13-12-15-7-2-3-11-19(15)23-20/h2-13H,1H3. The molecule has 0 radical (unpaired) electrons. The highest BCUT2D eigenvalue weighted by atomic mass is 32.1. The Hall–Kier alpha value is -2.71. The Bertz CT molecular complexity index is 1220. The van der Waals surface area contributed by atoms with Crippen molar-refractivity contribution in [1.29, 1.82) is 0 Å². The number of hydrogen-bond acceptors (Lipinski definition) is 2. The summed E-state index contributed by atoms with van der Waals surface area (Å²) in [6, 6.07) is 25.7. The first-order chi connectivity index (χ1) is 11.8. The fourth-order valence-corrected chi connectivity index (χ4v) is 4.67. The zero-order chi connectivity index (χ0) is 16.1. The minimum absolute atomic E-state index is 1.04. The number of aryl methyl sites for hydroxylation is 1. The predicted molar refractivity (Wildman–Crippen MR) is 105 cm³/mol. The summed E-state index contributed by atoms with van der Waals surface area (Å²) < 4.78 is 2.70.